The summed E-state index contributed by atoms with van der Waals surface area (Å²) in [4.78, 5) is 0. The van der Waals surface area contributed by atoms with Gasteiger partial charge in [0.2, 0.25) is 0 Å². The number of fused-ring (bicyclic) bond motifs is 6. The van der Waals surface area contributed by atoms with Gasteiger partial charge in [-0.25, -0.2) is 0 Å². The molecule has 0 aromatic heterocycles. The van der Waals surface area contributed by atoms with Crippen molar-refractivity contribution in [2.75, 3.05) is 26.4 Å². The molecule has 0 unspecified atom stereocenters. The second-order valence-corrected chi connectivity index (χ2v) is 11.0. The lowest BCUT2D eigenvalue weighted by Crippen LogP contribution is -2.59. The molecule has 28 heavy (non-hydrogen) atoms. The van der Waals surface area contributed by atoms with Gasteiger partial charge in [-0.1, -0.05) is 13.8 Å². The first-order valence-corrected chi connectivity index (χ1v) is 12.1. The van der Waals surface area contributed by atoms with E-state index in [-0.39, 0.29) is 17.0 Å². The minimum absolute atomic E-state index is 0.222. The smallest absolute Gasteiger partial charge is 0.174 e. The van der Waals surface area contributed by atoms with Crippen LogP contribution in [0.5, 0.6) is 0 Å². The molecule has 2 aliphatic heterocycles. The van der Waals surface area contributed by atoms with E-state index >= 15 is 0 Å². The van der Waals surface area contributed by atoms with Crippen LogP contribution >= 0.6 is 0 Å². The molecule has 6 fully saturated rings. The Hall–Kier alpha value is -0.160. The molecule has 2 spiro atoms. The maximum Gasteiger partial charge on any atom is 0.174 e. The lowest BCUT2D eigenvalue weighted by Gasteiger charge is -2.63. The van der Waals surface area contributed by atoms with Gasteiger partial charge in [0, 0.05) is 24.7 Å². The predicted octanol–water partition coefficient (Wildman–Crippen LogP) is 4.91. The molecule has 0 bridgehead atoms. The monoisotopic (exact) mass is 390 g/mol. The van der Waals surface area contributed by atoms with Crippen molar-refractivity contribution in [3.8, 4) is 0 Å². The predicted molar refractivity (Wildman–Crippen MR) is 106 cm³/mol. The van der Waals surface area contributed by atoms with Crippen LogP contribution in [0.25, 0.3) is 0 Å². The number of rotatable bonds is 1. The molecule has 4 aliphatic carbocycles. The molecule has 6 rings (SSSR count). The van der Waals surface area contributed by atoms with Crippen molar-refractivity contribution in [2.24, 2.45) is 34.5 Å². The summed E-state index contributed by atoms with van der Waals surface area (Å²) in [7, 11) is 0. The maximum atomic E-state index is 6.32. The fourth-order valence-electron chi connectivity index (χ4n) is 9.36. The maximum absolute atomic E-state index is 6.32. The molecule has 0 N–H and O–H groups in total. The summed E-state index contributed by atoms with van der Waals surface area (Å²) in [6.45, 7) is 8.14. The molecule has 158 valence electrons. The lowest BCUT2D eigenvalue weighted by atomic mass is 9.43. The van der Waals surface area contributed by atoms with E-state index in [9.17, 15) is 0 Å². The van der Waals surface area contributed by atoms with Gasteiger partial charge in [-0.3, -0.25) is 0 Å². The van der Waals surface area contributed by atoms with Gasteiger partial charge in [0.15, 0.2) is 11.6 Å². The van der Waals surface area contributed by atoms with Crippen LogP contribution in [0.3, 0.4) is 0 Å². The Morgan fingerprint density at radius 3 is 2.21 bits per heavy atom. The molecule has 2 saturated heterocycles. The Labute approximate surface area is 170 Å². The lowest BCUT2D eigenvalue weighted by molar-refractivity contribution is -0.260. The fraction of sp³-hybridized carbons (Fsp3) is 1.00. The van der Waals surface area contributed by atoms with E-state index in [4.69, 9.17) is 18.9 Å². The molecule has 6 atom stereocenters. The first-order valence-electron chi connectivity index (χ1n) is 12.1. The topological polar surface area (TPSA) is 36.9 Å². The summed E-state index contributed by atoms with van der Waals surface area (Å²) in [5, 5.41) is 0. The van der Waals surface area contributed by atoms with Gasteiger partial charge in [0.25, 0.3) is 0 Å². The molecule has 4 saturated carbocycles. The summed E-state index contributed by atoms with van der Waals surface area (Å²) in [6.07, 6.45) is 12.7. The minimum Gasteiger partial charge on any atom is -0.348 e. The molecule has 0 amide bonds. The number of ether oxygens (including phenoxy) is 4. The summed E-state index contributed by atoms with van der Waals surface area (Å²) < 4.78 is 24.9. The van der Waals surface area contributed by atoms with Crippen molar-refractivity contribution < 1.29 is 18.9 Å². The Bertz CT molecular complexity index is 622. The first kappa shape index (κ1) is 18.6. The van der Waals surface area contributed by atoms with Gasteiger partial charge in [-0.15, -0.1) is 0 Å². The third-order valence-corrected chi connectivity index (χ3v) is 10.6. The van der Waals surface area contributed by atoms with Gasteiger partial charge in [0.05, 0.1) is 26.4 Å². The molecule has 0 aromatic carbocycles. The van der Waals surface area contributed by atoms with E-state index in [0.29, 0.717) is 5.41 Å². The van der Waals surface area contributed by atoms with Crippen molar-refractivity contribution in [1.82, 2.24) is 0 Å². The molecular formula is C24H38O4. The van der Waals surface area contributed by atoms with E-state index in [0.717, 1.165) is 69.4 Å². The highest BCUT2D eigenvalue weighted by Crippen LogP contribution is 2.70. The fourth-order valence-corrected chi connectivity index (χ4v) is 9.36. The van der Waals surface area contributed by atoms with Crippen LogP contribution < -0.4 is 0 Å². The van der Waals surface area contributed by atoms with Gasteiger partial charge < -0.3 is 18.9 Å². The van der Waals surface area contributed by atoms with Crippen LogP contribution in [0.2, 0.25) is 0 Å². The van der Waals surface area contributed by atoms with Crippen LogP contribution in [0.4, 0.5) is 0 Å². The largest absolute Gasteiger partial charge is 0.348 e. The minimum atomic E-state index is -0.263. The summed E-state index contributed by atoms with van der Waals surface area (Å²) >= 11 is 0. The standard InChI is InChI=1S/C24H38O4/c1-3-22-10-11-23(25-12-13-26-23)16-17(22)4-5-18-19-7-9-24(27-14-15-28-24)21(19,2)8-6-20(18)22/h17-20H,3-16H2,1-2H3/t17-,18-,19-,20-,21-,22-/m0/s1. The van der Waals surface area contributed by atoms with E-state index in [1.54, 1.807) is 0 Å². The summed E-state index contributed by atoms with van der Waals surface area (Å²) in [5.74, 6) is 2.81. The van der Waals surface area contributed by atoms with Gasteiger partial charge in [-0.05, 0) is 74.0 Å². The molecule has 4 nitrogen and oxygen atoms in total. The van der Waals surface area contributed by atoms with Crippen LogP contribution in [0.1, 0.15) is 78.1 Å². The third kappa shape index (κ3) is 2.22. The Kier molecular flexibility index (Phi) is 4.11. The van der Waals surface area contributed by atoms with Crippen LogP contribution in [0, 0.1) is 34.5 Å². The molecular weight excluding hydrogens is 352 g/mol. The summed E-state index contributed by atoms with van der Waals surface area (Å²) in [5.41, 5.74) is 0.734. The SMILES string of the molecule is CC[C@]12CCC3(C[C@@H]1CC[C@@H]1[C@@H]2CC[C@@]2(C)[C@H]1CCC21OCCO1)OCCO3. The van der Waals surface area contributed by atoms with E-state index in [1.165, 1.54) is 44.9 Å². The molecule has 0 radical (unpaired) electrons. The average molecular weight is 391 g/mol. The highest BCUT2D eigenvalue weighted by Gasteiger charge is 2.68. The van der Waals surface area contributed by atoms with Crippen molar-refractivity contribution in [3.63, 3.8) is 0 Å². The van der Waals surface area contributed by atoms with Crippen LogP contribution in [-0.2, 0) is 18.9 Å². The third-order valence-electron chi connectivity index (χ3n) is 10.6. The molecule has 0 aromatic rings. The Morgan fingerprint density at radius 1 is 0.750 bits per heavy atom. The van der Waals surface area contributed by atoms with Gasteiger partial charge in [-0.2, -0.15) is 0 Å². The first-order chi connectivity index (χ1) is 13.6. The van der Waals surface area contributed by atoms with Crippen molar-refractivity contribution in [1.29, 1.82) is 0 Å². The van der Waals surface area contributed by atoms with Gasteiger partial charge >= 0.3 is 0 Å². The van der Waals surface area contributed by atoms with E-state index < -0.39 is 0 Å². The highest BCUT2D eigenvalue weighted by atomic mass is 16.7. The number of hydrogen-bond acceptors (Lipinski definition) is 4. The van der Waals surface area contributed by atoms with Crippen LogP contribution in [0.15, 0.2) is 0 Å². The highest BCUT2D eigenvalue weighted by molar-refractivity contribution is 5.14. The second-order valence-electron chi connectivity index (χ2n) is 11.0. The zero-order valence-corrected chi connectivity index (χ0v) is 17.8. The Balaban J connectivity index is 1.30. The average Bonchev–Trinajstić information content (AvgIpc) is 3.43. The number of hydrogen-bond donors (Lipinski definition) is 0. The Morgan fingerprint density at radius 2 is 1.46 bits per heavy atom. The quantitative estimate of drug-likeness (QED) is 0.638. The zero-order chi connectivity index (χ0) is 19.0. The van der Waals surface area contributed by atoms with E-state index in [1.807, 2.05) is 0 Å². The van der Waals surface area contributed by atoms with Crippen molar-refractivity contribution in [2.45, 2.75) is 89.6 Å². The second kappa shape index (κ2) is 6.18. The molecule has 2 heterocycles. The summed E-state index contributed by atoms with van der Waals surface area (Å²) in [6, 6.07) is 0. The van der Waals surface area contributed by atoms with E-state index in [2.05, 4.69) is 13.8 Å². The van der Waals surface area contributed by atoms with Crippen LogP contribution in [-0.4, -0.2) is 38.0 Å². The molecule has 4 heteroatoms. The van der Waals surface area contributed by atoms with Crippen molar-refractivity contribution >= 4 is 0 Å². The molecule has 6 aliphatic rings. The van der Waals surface area contributed by atoms with Crippen molar-refractivity contribution in [3.05, 3.63) is 0 Å². The normalized spacial score (nSPS) is 51.2. The zero-order valence-electron chi connectivity index (χ0n) is 17.8. The van der Waals surface area contributed by atoms with Gasteiger partial charge in [0.1, 0.15) is 0 Å².